The maximum Gasteiger partial charge on any atom is 0.319 e. The van der Waals surface area contributed by atoms with Crippen LogP contribution in [0, 0.1) is 6.92 Å². The Morgan fingerprint density at radius 1 is 1.24 bits per heavy atom. The number of hydrogen-bond acceptors (Lipinski definition) is 3. The normalized spacial score (nSPS) is 10.0. The quantitative estimate of drug-likeness (QED) is 0.809. The second kappa shape index (κ2) is 6.65. The summed E-state index contributed by atoms with van der Waals surface area (Å²) in [6.45, 7) is 2.31. The molecule has 0 aromatic heterocycles. The Morgan fingerprint density at radius 3 is 2.76 bits per heavy atom. The Bertz CT molecular complexity index is 641. The van der Waals surface area contributed by atoms with E-state index in [2.05, 4.69) is 10.6 Å². The number of aromatic hydroxyl groups is 1. The molecule has 21 heavy (non-hydrogen) atoms. The summed E-state index contributed by atoms with van der Waals surface area (Å²) >= 11 is 0. The third-order valence-corrected chi connectivity index (χ3v) is 2.97. The van der Waals surface area contributed by atoms with Crippen LogP contribution < -0.4 is 15.4 Å². The van der Waals surface area contributed by atoms with Gasteiger partial charge in [0.05, 0.1) is 7.11 Å². The van der Waals surface area contributed by atoms with Crippen LogP contribution in [0.2, 0.25) is 0 Å². The number of carbonyl (C=O) groups excluding carboxylic acids is 1. The summed E-state index contributed by atoms with van der Waals surface area (Å²) in [5.74, 6) is 0.457. The molecule has 2 aromatic rings. The van der Waals surface area contributed by atoms with E-state index in [1.807, 2.05) is 31.2 Å². The Labute approximate surface area is 123 Å². The molecule has 110 valence electrons. The molecule has 0 unspecified atom stereocenters. The fraction of sp³-hybridized carbons (Fsp3) is 0.188. The maximum atomic E-state index is 11.8. The molecular weight excluding hydrogens is 268 g/mol. The molecule has 0 atom stereocenters. The molecule has 2 rings (SSSR count). The van der Waals surface area contributed by atoms with Gasteiger partial charge in [0.25, 0.3) is 0 Å². The number of urea groups is 1. The van der Waals surface area contributed by atoms with Crippen molar-refractivity contribution in [2.24, 2.45) is 0 Å². The number of ether oxygens (including phenoxy) is 1. The largest absolute Gasteiger partial charge is 0.504 e. The number of anilines is 1. The van der Waals surface area contributed by atoms with E-state index >= 15 is 0 Å². The van der Waals surface area contributed by atoms with E-state index < -0.39 is 0 Å². The van der Waals surface area contributed by atoms with E-state index in [4.69, 9.17) is 4.74 Å². The van der Waals surface area contributed by atoms with Crippen molar-refractivity contribution < 1.29 is 14.6 Å². The van der Waals surface area contributed by atoms with Crippen LogP contribution in [0.25, 0.3) is 0 Å². The van der Waals surface area contributed by atoms with Crippen LogP contribution >= 0.6 is 0 Å². The number of methoxy groups -OCH3 is 1. The third kappa shape index (κ3) is 4.14. The highest BCUT2D eigenvalue weighted by Gasteiger charge is 2.05. The number of benzene rings is 2. The van der Waals surface area contributed by atoms with Gasteiger partial charge in [0, 0.05) is 12.2 Å². The predicted octanol–water partition coefficient (Wildman–Crippen LogP) is 3.03. The molecule has 3 N–H and O–H groups in total. The van der Waals surface area contributed by atoms with E-state index in [0.717, 1.165) is 16.8 Å². The highest BCUT2D eigenvalue weighted by atomic mass is 16.5. The van der Waals surface area contributed by atoms with E-state index in [1.165, 1.54) is 13.2 Å². The van der Waals surface area contributed by atoms with Gasteiger partial charge in [0.2, 0.25) is 0 Å². The minimum atomic E-state index is -0.285. The highest BCUT2D eigenvalue weighted by molar-refractivity contribution is 5.89. The van der Waals surface area contributed by atoms with E-state index in [-0.39, 0.29) is 11.8 Å². The summed E-state index contributed by atoms with van der Waals surface area (Å²) in [6, 6.07) is 12.2. The van der Waals surface area contributed by atoms with Crippen LogP contribution in [0.3, 0.4) is 0 Å². The van der Waals surface area contributed by atoms with Gasteiger partial charge in [0.1, 0.15) is 0 Å². The summed E-state index contributed by atoms with van der Waals surface area (Å²) < 4.78 is 5.02. The predicted molar refractivity (Wildman–Crippen MR) is 81.7 cm³/mol. The van der Waals surface area contributed by atoms with Crippen LogP contribution in [0.5, 0.6) is 11.5 Å². The SMILES string of the molecule is COc1cc(CNC(=O)Nc2cccc(C)c2)ccc1O. The number of phenolic OH excluding ortho intramolecular Hbond substituents is 1. The van der Waals surface area contributed by atoms with Crippen molar-refractivity contribution in [1.82, 2.24) is 5.32 Å². The van der Waals surface area contributed by atoms with Gasteiger partial charge in [-0.2, -0.15) is 0 Å². The van der Waals surface area contributed by atoms with Gasteiger partial charge in [-0.25, -0.2) is 4.79 Å². The van der Waals surface area contributed by atoms with Crippen molar-refractivity contribution in [2.45, 2.75) is 13.5 Å². The third-order valence-electron chi connectivity index (χ3n) is 2.97. The molecule has 0 heterocycles. The van der Waals surface area contributed by atoms with Gasteiger partial charge < -0.3 is 20.5 Å². The van der Waals surface area contributed by atoms with Crippen molar-refractivity contribution >= 4 is 11.7 Å². The van der Waals surface area contributed by atoms with Gasteiger partial charge in [-0.1, -0.05) is 18.2 Å². The molecule has 0 fully saturated rings. The molecule has 0 aliphatic rings. The number of rotatable bonds is 4. The van der Waals surface area contributed by atoms with Crippen molar-refractivity contribution in [1.29, 1.82) is 0 Å². The number of phenols is 1. The number of hydrogen-bond donors (Lipinski definition) is 3. The molecule has 2 amide bonds. The van der Waals surface area contributed by atoms with Crippen molar-refractivity contribution in [2.75, 3.05) is 12.4 Å². The highest BCUT2D eigenvalue weighted by Crippen LogP contribution is 2.26. The fourth-order valence-electron chi connectivity index (χ4n) is 1.91. The lowest BCUT2D eigenvalue weighted by atomic mass is 10.2. The summed E-state index contributed by atoms with van der Waals surface area (Å²) in [5, 5.41) is 15.0. The standard InChI is InChI=1S/C16H18N2O3/c1-11-4-3-5-13(8-11)18-16(20)17-10-12-6-7-14(19)15(9-12)21-2/h3-9,19H,10H2,1-2H3,(H2,17,18,20). The molecule has 5 nitrogen and oxygen atoms in total. The van der Waals surface area contributed by atoms with Gasteiger partial charge in [-0.15, -0.1) is 0 Å². The fourth-order valence-corrected chi connectivity index (χ4v) is 1.91. The Morgan fingerprint density at radius 2 is 2.05 bits per heavy atom. The van der Waals surface area contributed by atoms with Crippen molar-refractivity contribution in [3.63, 3.8) is 0 Å². The Kier molecular flexibility index (Phi) is 4.66. The van der Waals surface area contributed by atoms with Gasteiger partial charge in [-0.05, 0) is 42.3 Å². The molecule has 0 aliphatic heterocycles. The topological polar surface area (TPSA) is 70.6 Å². The second-order valence-corrected chi connectivity index (χ2v) is 4.68. The monoisotopic (exact) mass is 286 g/mol. The first-order valence-electron chi connectivity index (χ1n) is 6.56. The molecule has 5 heteroatoms. The van der Waals surface area contributed by atoms with Crippen LogP contribution in [-0.2, 0) is 6.54 Å². The summed E-state index contributed by atoms with van der Waals surface area (Å²) in [7, 11) is 1.48. The average Bonchev–Trinajstić information content (AvgIpc) is 2.46. The van der Waals surface area contributed by atoms with Crippen LogP contribution in [-0.4, -0.2) is 18.2 Å². The van der Waals surface area contributed by atoms with Gasteiger partial charge >= 0.3 is 6.03 Å². The van der Waals surface area contributed by atoms with Crippen LogP contribution in [0.1, 0.15) is 11.1 Å². The molecule has 0 bridgehead atoms. The molecule has 0 saturated heterocycles. The Balaban J connectivity index is 1.92. The first kappa shape index (κ1) is 14.7. The molecular formula is C16H18N2O3. The first-order valence-corrected chi connectivity index (χ1v) is 6.56. The number of aryl methyl sites for hydroxylation is 1. The molecule has 0 aliphatic carbocycles. The average molecular weight is 286 g/mol. The maximum absolute atomic E-state index is 11.8. The summed E-state index contributed by atoms with van der Waals surface area (Å²) in [6.07, 6.45) is 0. The van der Waals surface area contributed by atoms with Gasteiger partial charge in [-0.3, -0.25) is 0 Å². The van der Waals surface area contributed by atoms with Crippen molar-refractivity contribution in [3.8, 4) is 11.5 Å². The first-order chi connectivity index (χ1) is 10.1. The number of amides is 2. The lowest BCUT2D eigenvalue weighted by molar-refractivity contribution is 0.251. The summed E-state index contributed by atoms with van der Waals surface area (Å²) in [5.41, 5.74) is 2.66. The number of nitrogens with one attached hydrogen (secondary N) is 2. The Hall–Kier alpha value is -2.69. The minimum Gasteiger partial charge on any atom is -0.504 e. The van der Waals surface area contributed by atoms with Gasteiger partial charge in [0.15, 0.2) is 11.5 Å². The number of carbonyl (C=O) groups is 1. The van der Waals surface area contributed by atoms with E-state index in [0.29, 0.717) is 12.3 Å². The zero-order valence-corrected chi connectivity index (χ0v) is 12.0. The van der Waals surface area contributed by atoms with Crippen LogP contribution in [0.15, 0.2) is 42.5 Å². The smallest absolute Gasteiger partial charge is 0.319 e. The van der Waals surface area contributed by atoms with Crippen LogP contribution in [0.4, 0.5) is 10.5 Å². The van der Waals surface area contributed by atoms with E-state index in [1.54, 1.807) is 12.1 Å². The molecule has 0 radical (unpaired) electrons. The minimum absolute atomic E-state index is 0.0745. The second-order valence-electron chi connectivity index (χ2n) is 4.68. The lowest BCUT2D eigenvalue weighted by Crippen LogP contribution is -2.28. The lowest BCUT2D eigenvalue weighted by Gasteiger charge is -2.10. The molecule has 0 spiro atoms. The van der Waals surface area contributed by atoms with E-state index in [9.17, 15) is 9.90 Å². The summed E-state index contributed by atoms with van der Waals surface area (Å²) in [4.78, 5) is 11.8. The van der Waals surface area contributed by atoms with Crippen molar-refractivity contribution in [3.05, 3.63) is 53.6 Å². The zero-order chi connectivity index (χ0) is 15.2. The molecule has 0 saturated carbocycles. The zero-order valence-electron chi connectivity index (χ0n) is 12.0. The molecule has 2 aromatic carbocycles.